The summed E-state index contributed by atoms with van der Waals surface area (Å²) in [5.41, 5.74) is 6.62. The summed E-state index contributed by atoms with van der Waals surface area (Å²) in [6.45, 7) is 10.8. The zero-order chi connectivity index (χ0) is 19.3. The van der Waals surface area contributed by atoms with E-state index < -0.39 is 0 Å². The van der Waals surface area contributed by atoms with Gasteiger partial charge >= 0.3 is 0 Å². The van der Waals surface area contributed by atoms with E-state index in [-0.39, 0.29) is 12.4 Å². The Morgan fingerprint density at radius 2 is 1.93 bits per heavy atom. The second kappa shape index (κ2) is 8.23. The molecule has 5 rings (SSSR count). The van der Waals surface area contributed by atoms with Crippen LogP contribution in [0.2, 0.25) is 0 Å². The van der Waals surface area contributed by atoms with Gasteiger partial charge in [0.25, 0.3) is 0 Å². The van der Waals surface area contributed by atoms with E-state index in [1.54, 1.807) is 0 Å². The van der Waals surface area contributed by atoms with Crippen LogP contribution in [0.1, 0.15) is 73.3 Å². The van der Waals surface area contributed by atoms with Crippen molar-refractivity contribution in [3.05, 3.63) is 34.4 Å². The number of rotatable bonds is 5. The zero-order valence-corrected chi connectivity index (χ0v) is 18.7. The highest BCUT2D eigenvalue weighted by molar-refractivity contribution is 5.85. The number of hydrogen-bond donors (Lipinski definition) is 0. The summed E-state index contributed by atoms with van der Waals surface area (Å²) in [5.74, 6) is 0.955. The third kappa shape index (κ3) is 3.55. The van der Waals surface area contributed by atoms with Gasteiger partial charge < -0.3 is 4.90 Å². The number of anilines is 1. The molecule has 0 radical (unpaired) electrons. The Labute approximate surface area is 180 Å². The Balaban J connectivity index is 0.00000205. The Morgan fingerprint density at radius 1 is 1.14 bits per heavy atom. The molecule has 7 heteroatoms. The van der Waals surface area contributed by atoms with Gasteiger partial charge in [0.05, 0.1) is 11.4 Å². The second-order valence-electron chi connectivity index (χ2n) is 8.76. The summed E-state index contributed by atoms with van der Waals surface area (Å²) in [4.78, 5) is 14.8. The zero-order valence-electron chi connectivity index (χ0n) is 17.9. The van der Waals surface area contributed by atoms with E-state index in [0.717, 1.165) is 45.0 Å². The lowest BCUT2D eigenvalue weighted by atomic mass is 9.98. The van der Waals surface area contributed by atoms with E-state index in [1.165, 1.54) is 53.9 Å². The number of aromatic nitrogens is 4. The van der Waals surface area contributed by atoms with Gasteiger partial charge in [-0.05, 0) is 46.0 Å². The Kier molecular flexibility index (Phi) is 5.85. The molecule has 158 valence electrons. The Bertz CT molecular complexity index is 872. The van der Waals surface area contributed by atoms with Crippen LogP contribution in [0, 0.1) is 13.8 Å². The van der Waals surface area contributed by atoms with Gasteiger partial charge in [0.2, 0.25) is 5.95 Å². The molecular formula is C22H33ClN6. The van der Waals surface area contributed by atoms with Crippen LogP contribution < -0.4 is 4.90 Å². The highest BCUT2D eigenvalue weighted by Crippen LogP contribution is 2.44. The van der Waals surface area contributed by atoms with E-state index >= 15 is 0 Å². The molecule has 3 aliphatic heterocycles. The molecule has 0 N–H and O–H groups in total. The van der Waals surface area contributed by atoms with Crippen LogP contribution in [0.25, 0.3) is 0 Å². The van der Waals surface area contributed by atoms with E-state index in [9.17, 15) is 0 Å². The van der Waals surface area contributed by atoms with Gasteiger partial charge in [0.15, 0.2) is 0 Å². The minimum absolute atomic E-state index is 0. The topological polar surface area (TPSA) is 50.1 Å². The van der Waals surface area contributed by atoms with Crippen LogP contribution in [-0.4, -0.2) is 43.8 Å². The standard InChI is InChI=1S/C22H32N6.ClH/c1-4-9-28-16(3)19(15(2)25-28)14-27-17-7-8-21(27)18-13-23-22(24-20(18)12-17)26-10-5-6-11-26;/h13,17,21H,4-12,14H2,1-3H3;1H. The fourth-order valence-electron chi connectivity index (χ4n) is 5.45. The maximum Gasteiger partial charge on any atom is 0.225 e. The molecule has 2 unspecified atom stereocenters. The number of fused-ring (bicyclic) bond motifs is 4. The minimum atomic E-state index is 0. The van der Waals surface area contributed by atoms with Crippen LogP contribution in [0.4, 0.5) is 5.95 Å². The summed E-state index contributed by atoms with van der Waals surface area (Å²) in [7, 11) is 0. The normalized spacial score (nSPS) is 23.3. The van der Waals surface area contributed by atoms with Gasteiger partial charge in [-0.25, -0.2) is 9.97 Å². The lowest BCUT2D eigenvalue weighted by Gasteiger charge is -2.36. The average molecular weight is 417 g/mol. The van der Waals surface area contributed by atoms with Gasteiger partial charge in [0.1, 0.15) is 0 Å². The molecule has 0 aromatic carbocycles. The first-order valence-electron chi connectivity index (χ1n) is 11.0. The molecule has 2 atom stereocenters. The maximum absolute atomic E-state index is 5.01. The van der Waals surface area contributed by atoms with Crippen LogP contribution >= 0.6 is 12.4 Å². The molecule has 2 aromatic heterocycles. The molecule has 0 aliphatic carbocycles. The van der Waals surface area contributed by atoms with E-state index in [4.69, 9.17) is 15.1 Å². The van der Waals surface area contributed by atoms with Crippen molar-refractivity contribution in [3.8, 4) is 0 Å². The highest BCUT2D eigenvalue weighted by atomic mass is 35.5. The van der Waals surface area contributed by atoms with E-state index in [2.05, 4.69) is 41.4 Å². The number of nitrogens with zero attached hydrogens (tertiary/aromatic N) is 6. The summed E-state index contributed by atoms with van der Waals surface area (Å²) in [6.07, 6.45) is 9.35. The predicted molar refractivity (Wildman–Crippen MR) is 118 cm³/mol. The fourth-order valence-corrected chi connectivity index (χ4v) is 5.45. The molecule has 2 saturated heterocycles. The Hall–Kier alpha value is -1.66. The third-order valence-corrected chi connectivity index (χ3v) is 7.01. The van der Waals surface area contributed by atoms with Crippen molar-refractivity contribution in [2.75, 3.05) is 18.0 Å². The molecule has 2 bridgehead atoms. The highest BCUT2D eigenvalue weighted by Gasteiger charge is 2.41. The molecule has 2 fully saturated rings. The van der Waals surface area contributed by atoms with E-state index in [1.807, 2.05) is 0 Å². The summed E-state index contributed by atoms with van der Waals surface area (Å²) in [6, 6.07) is 1.07. The van der Waals surface area contributed by atoms with Gasteiger partial charge in [0, 0.05) is 67.7 Å². The first-order valence-corrected chi connectivity index (χ1v) is 11.0. The first-order chi connectivity index (χ1) is 13.7. The van der Waals surface area contributed by atoms with Crippen LogP contribution in [0.3, 0.4) is 0 Å². The molecule has 0 amide bonds. The van der Waals surface area contributed by atoms with Crippen molar-refractivity contribution in [2.24, 2.45) is 0 Å². The Morgan fingerprint density at radius 3 is 2.69 bits per heavy atom. The van der Waals surface area contributed by atoms with Crippen LogP contribution in [-0.2, 0) is 19.5 Å². The number of halogens is 1. The monoisotopic (exact) mass is 416 g/mol. The van der Waals surface area contributed by atoms with Crippen molar-refractivity contribution in [2.45, 2.75) is 84.5 Å². The van der Waals surface area contributed by atoms with Crippen molar-refractivity contribution in [1.82, 2.24) is 24.6 Å². The molecular weight excluding hydrogens is 384 g/mol. The molecule has 0 spiro atoms. The van der Waals surface area contributed by atoms with Gasteiger partial charge in [-0.3, -0.25) is 9.58 Å². The van der Waals surface area contributed by atoms with Crippen molar-refractivity contribution in [3.63, 3.8) is 0 Å². The molecule has 6 nitrogen and oxygen atoms in total. The van der Waals surface area contributed by atoms with Crippen LogP contribution in [0.15, 0.2) is 6.20 Å². The molecule has 29 heavy (non-hydrogen) atoms. The van der Waals surface area contributed by atoms with Gasteiger partial charge in [-0.1, -0.05) is 6.92 Å². The van der Waals surface area contributed by atoms with Crippen molar-refractivity contribution < 1.29 is 0 Å². The molecule has 0 saturated carbocycles. The summed E-state index contributed by atoms with van der Waals surface area (Å²) >= 11 is 0. The van der Waals surface area contributed by atoms with Gasteiger partial charge in [-0.15, -0.1) is 12.4 Å². The summed E-state index contributed by atoms with van der Waals surface area (Å²) in [5, 5.41) is 4.80. The lowest BCUT2D eigenvalue weighted by molar-refractivity contribution is 0.165. The molecule has 5 heterocycles. The predicted octanol–water partition coefficient (Wildman–Crippen LogP) is 3.98. The first kappa shape index (κ1) is 20.6. The average Bonchev–Trinajstić information content (AvgIpc) is 3.38. The summed E-state index contributed by atoms with van der Waals surface area (Å²) < 4.78 is 2.19. The van der Waals surface area contributed by atoms with E-state index in [0.29, 0.717) is 12.1 Å². The maximum atomic E-state index is 5.01. The van der Waals surface area contributed by atoms with Crippen molar-refractivity contribution >= 4 is 18.4 Å². The molecule has 2 aromatic rings. The largest absolute Gasteiger partial charge is 0.341 e. The van der Waals surface area contributed by atoms with Gasteiger partial charge in [-0.2, -0.15) is 5.10 Å². The smallest absolute Gasteiger partial charge is 0.225 e. The lowest BCUT2D eigenvalue weighted by Crippen LogP contribution is -2.38. The minimum Gasteiger partial charge on any atom is -0.341 e. The third-order valence-electron chi connectivity index (χ3n) is 7.01. The SMILES string of the molecule is CCCn1nc(C)c(CN2C3CCC2c2cnc(N4CCCC4)nc2C3)c1C.Cl. The second-order valence-corrected chi connectivity index (χ2v) is 8.76. The van der Waals surface area contributed by atoms with Crippen molar-refractivity contribution in [1.29, 1.82) is 0 Å². The number of hydrogen-bond acceptors (Lipinski definition) is 5. The quantitative estimate of drug-likeness (QED) is 0.737. The number of aryl methyl sites for hydroxylation is 2. The fraction of sp³-hybridized carbons (Fsp3) is 0.682. The van der Waals surface area contributed by atoms with Crippen LogP contribution in [0.5, 0.6) is 0 Å². The molecule has 3 aliphatic rings.